The van der Waals surface area contributed by atoms with E-state index in [0.29, 0.717) is 30.9 Å². The first-order valence-corrected chi connectivity index (χ1v) is 13.4. The number of urea groups is 2. The number of carbonyl (C=O) groups excluding carboxylic acids is 3. The first-order valence-electron chi connectivity index (χ1n) is 13.4. The fourth-order valence-corrected chi connectivity index (χ4v) is 5.17. The second-order valence-corrected chi connectivity index (χ2v) is 10.2. The van der Waals surface area contributed by atoms with Crippen molar-refractivity contribution in [1.29, 1.82) is 0 Å². The van der Waals surface area contributed by atoms with Gasteiger partial charge >= 0.3 is 24.2 Å². The Balaban J connectivity index is 1.51. The van der Waals surface area contributed by atoms with Crippen molar-refractivity contribution < 1.29 is 32.3 Å². The van der Waals surface area contributed by atoms with Crippen LogP contribution in [0.5, 0.6) is 0 Å². The lowest BCUT2D eigenvalue weighted by molar-refractivity contribution is -0.139. The molecule has 0 spiro atoms. The molecule has 41 heavy (non-hydrogen) atoms. The lowest BCUT2D eigenvalue weighted by Gasteiger charge is -2.42. The molecule has 0 radical (unpaired) electrons. The molecule has 4 rings (SSSR count). The number of likely N-dealkylation sites (N-methyl/N-ethyl adjacent to an activating group) is 1. The molecule has 2 aliphatic heterocycles. The lowest BCUT2D eigenvalue weighted by atomic mass is 9.91. The molecular formula is C29H34F3N5O4. The zero-order valence-corrected chi connectivity index (χ0v) is 23.4. The number of nitrogens with one attached hydrogen (secondary N) is 2. The van der Waals surface area contributed by atoms with Gasteiger partial charge in [0.15, 0.2) is 0 Å². The van der Waals surface area contributed by atoms with Crippen LogP contribution in [0.3, 0.4) is 0 Å². The van der Waals surface area contributed by atoms with Gasteiger partial charge in [-0.2, -0.15) is 13.2 Å². The van der Waals surface area contributed by atoms with Gasteiger partial charge in [0.2, 0.25) is 0 Å². The number of esters is 1. The van der Waals surface area contributed by atoms with Crippen LogP contribution >= 0.6 is 0 Å². The summed E-state index contributed by atoms with van der Waals surface area (Å²) < 4.78 is 44.0. The molecule has 1 saturated heterocycles. The molecule has 2 atom stereocenters. The number of anilines is 1. The quantitative estimate of drug-likeness (QED) is 0.486. The Bertz CT molecular complexity index is 1330. The van der Waals surface area contributed by atoms with Crippen LogP contribution in [0.25, 0.3) is 0 Å². The maximum Gasteiger partial charge on any atom is 0.416 e. The number of hydrogen-bond acceptors (Lipinski definition) is 5. The molecule has 2 N–H and O–H groups in total. The summed E-state index contributed by atoms with van der Waals surface area (Å²) in [6, 6.07) is 10.1. The minimum Gasteiger partial charge on any atom is -0.463 e. The number of ether oxygens (including phenoxy) is 1. The van der Waals surface area contributed by atoms with Gasteiger partial charge in [0.1, 0.15) is 0 Å². The Morgan fingerprint density at radius 2 is 1.78 bits per heavy atom. The van der Waals surface area contributed by atoms with Gasteiger partial charge < -0.3 is 20.3 Å². The van der Waals surface area contributed by atoms with Crippen molar-refractivity contribution in [1.82, 2.24) is 20.0 Å². The Morgan fingerprint density at radius 1 is 1.10 bits per heavy atom. The fourth-order valence-electron chi connectivity index (χ4n) is 5.17. The van der Waals surface area contributed by atoms with Crippen LogP contribution in [-0.2, 0) is 15.7 Å². The van der Waals surface area contributed by atoms with Gasteiger partial charge in [-0.05, 0) is 56.2 Å². The van der Waals surface area contributed by atoms with Crippen LogP contribution < -0.4 is 10.6 Å². The first-order chi connectivity index (χ1) is 19.4. The third kappa shape index (κ3) is 6.64. The number of benzene rings is 2. The predicted octanol–water partition coefficient (Wildman–Crippen LogP) is 4.77. The molecule has 1 fully saturated rings. The summed E-state index contributed by atoms with van der Waals surface area (Å²) in [7, 11) is 1.61. The van der Waals surface area contributed by atoms with Gasteiger partial charge in [0.05, 0.1) is 23.8 Å². The van der Waals surface area contributed by atoms with Crippen molar-refractivity contribution in [3.05, 3.63) is 76.5 Å². The van der Waals surface area contributed by atoms with Crippen molar-refractivity contribution >= 4 is 23.7 Å². The summed E-state index contributed by atoms with van der Waals surface area (Å²) >= 11 is 0. The highest BCUT2D eigenvalue weighted by molar-refractivity contribution is 5.95. The maximum atomic E-state index is 13.3. The number of alkyl halides is 3. The van der Waals surface area contributed by atoms with Crippen LogP contribution in [0.2, 0.25) is 0 Å². The molecule has 0 unspecified atom stereocenters. The van der Waals surface area contributed by atoms with Crippen molar-refractivity contribution in [2.24, 2.45) is 0 Å². The molecule has 12 heteroatoms. The van der Waals surface area contributed by atoms with E-state index < -0.39 is 29.8 Å². The van der Waals surface area contributed by atoms with E-state index >= 15 is 0 Å². The van der Waals surface area contributed by atoms with Crippen molar-refractivity contribution in [2.45, 2.75) is 39.0 Å². The summed E-state index contributed by atoms with van der Waals surface area (Å²) in [5, 5.41) is 5.60. The van der Waals surface area contributed by atoms with Gasteiger partial charge in [-0.3, -0.25) is 9.80 Å². The van der Waals surface area contributed by atoms with Gasteiger partial charge in [-0.1, -0.05) is 24.3 Å². The van der Waals surface area contributed by atoms with Crippen LogP contribution in [0.1, 0.15) is 36.6 Å². The Morgan fingerprint density at radius 3 is 2.39 bits per heavy atom. The topological polar surface area (TPSA) is 94.2 Å². The minimum atomic E-state index is -4.46. The van der Waals surface area contributed by atoms with E-state index in [2.05, 4.69) is 15.5 Å². The molecule has 0 saturated carbocycles. The first kappa shape index (κ1) is 29.9. The number of rotatable bonds is 6. The lowest BCUT2D eigenvalue weighted by Crippen LogP contribution is -2.57. The number of carbonyl (C=O) groups is 3. The van der Waals surface area contributed by atoms with Gasteiger partial charge in [-0.25, -0.2) is 14.4 Å². The Hall–Kier alpha value is -4.06. The monoisotopic (exact) mass is 573 g/mol. The summed E-state index contributed by atoms with van der Waals surface area (Å²) in [6.07, 6.45) is -4.46. The molecule has 2 aliphatic rings. The second kappa shape index (κ2) is 12.2. The van der Waals surface area contributed by atoms with E-state index in [1.54, 1.807) is 18.9 Å². The fraction of sp³-hybridized carbons (Fsp3) is 0.414. The van der Waals surface area contributed by atoms with Crippen molar-refractivity contribution in [3.63, 3.8) is 0 Å². The average Bonchev–Trinajstić information content (AvgIpc) is 2.91. The van der Waals surface area contributed by atoms with Crippen LogP contribution in [0.15, 0.2) is 59.8 Å². The molecule has 2 heterocycles. The van der Waals surface area contributed by atoms with Gasteiger partial charge in [0.25, 0.3) is 0 Å². The number of aryl methyl sites for hydroxylation is 1. The van der Waals surface area contributed by atoms with Gasteiger partial charge in [0, 0.05) is 50.7 Å². The zero-order valence-electron chi connectivity index (χ0n) is 23.4. The molecule has 9 nitrogen and oxygen atoms in total. The van der Waals surface area contributed by atoms with E-state index in [9.17, 15) is 27.6 Å². The van der Waals surface area contributed by atoms with E-state index in [4.69, 9.17) is 4.74 Å². The maximum absolute atomic E-state index is 13.3. The largest absolute Gasteiger partial charge is 0.463 e. The van der Waals surface area contributed by atoms with E-state index in [-0.39, 0.29) is 30.9 Å². The van der Waals surface area contributed by atoms with Gasteiger partial charge in [-0.15, -0.1) is 0 Å². The number of nitrogens with zero attached hydrogens (tertiary/aromatic N) is 3. The van der Waals surface area contributed by atoms with Crippen molar-refractivity contribution in [2.75, 3.05) is 45.2 Å². The summed E-state index contributed by atoms with van der Waals surface area (Å²) in [5.41, 5.74) is 2.07. The highest BCUT2D eigenvalue weighted by Crippen LogP contribution is 2.33. The standard InChI is InChI=1S/C29H34F3N5O4/c1-5-41-26(38)24-23(35(4)27(39)34-25(24)22-9-7-6-8-18(22)2)17-36-14-15-37(19(3)16-36)28(40)33-21-12-10-20(11-13-21)29(30,31)32/h6-13,19,25H,5,14-17H2,1-4H3,(H,33,40)(H,34,39)/t19-,25+/m0/s1. The molecule has 4 amide bonds. The number of amides is 4. The number of hydrogen-bond donors (Lipinski definition) is 2. The summed E-state index contributed by atoms with van der Waals surface area (Å²) in [5.74, 6) is -0.509. The van der Waals surface area contributed by atoms with E-state index in [0.717, 1.165) is 23.3 Å². The minimum absolute atomic E-state index is 0.178. The molecule has 2 aromatic rings. The second-order valence-electron chi connectivity index (χ2n) is 10.2. The SMILES string of the molecule is CCOC(=O)C1=C(CN2CCN(C(=O)Nc3ccc(C(F)(F)F)cc3)[C@@H](C)C2)N(C)C(=O)N[C@@H]1c1ccccc1C. The highest BCUT2D eigenvalue weighted by Gasteiger charge is 2.39. The smallest absolute Gasteiger partial charge is 0.416 e. The molecule has 0 aromatic heterocycles. The van der Waals surface area contributed by atoms with Crippen molar-refractivity contribution in [3.8, 4) is 0 Å². The third-order valence-electron chi connectivity index (χ3n) is 7.38. The molecular weight excluding hydrogens is 539 g/mol. The summed E-state index contributed by atoms with van der Waals surface area (Å²) in [4.78, 5) is 44.3. The molecule has 220 valence electrons. The van der Waals surface area contributed by atoms with E-state index in [1.165, 1.54) is 17.0 Å². The summed E-state index contributed by atoms with van der Waals surface area (Å²) in [6.45, 7) is 7.21. The zero-order chi connectivity index (χ0) is 29.9. The normalized spacial score (nSPS) is 20.1. The molecule has 2 aromatic carbocycles. The molecule has 0 bridgehead atoms. The van der Waals surface area contributed by atoms with Crippen LogP contribution in [0.4, 0.5) is 28.4 Å². The Labute approximate surface area is 236 Å². The number of piperazine rings is 1. The average molecular weight is 574 g/mol. The highest BCUT2D eigenvalue weighted by atomic mass is 19.4. The number of halogens is 3. The molecule has 0 aliphatic carbocycles. The third-order valence-corrected chi connectivity index (χ3v) is 7.38. The van der Waals surface area contributed by atoms with E-state index in [1.807, 2.05) is 38.1 Å². The predicted molar refractivity (Wildman–Crippen MR) is 147 cm³/mol. The van der Waals surface area contributed by atoms with Crippen LogP contribution in [0, 0.1) is 6.92 Å². The van der Waals surface area contributed by atoms with Crippen LogP contribution in [-0.4, -0.2) is 78.6 Å². The Kier molecular flexibility index (Phi) is 8.91.